The van der Waals surface area contributed by atoms with Crippen molar-refractivity contribution in [2.75, 3.05) is 7.11 Å². The molecule has 1 amide bonds. The summed E-state index contributed by atoms with van der Waals surface area (Å²) >= 11 is 1.63. The molecule has 1 N–H and O–H groups in total. The highest BCUT2D eigenvalue weighted by Gasteiger charge is 2.22. The van der Waals surface area contributed by atoms with Gasteiger partial charge in [-0.15, -0.1) is 11.3 Å². The van der Waals surface area contributed by atoms with Crippen LogP contribution in [0.1, 0.15) is 35.3 Å². The molecule has 0 spiro atoms. The maximum absolute atomic E-state index is 12.6. The molecule has 0 aliphatic carbocycles. The second kappa shape index (κ2) is 7.53. The van der Waals surface area contributed by atoms with E-state index in [1.165, 1.54) is 0 Å². The van der Waals surface area contributed by atoms with Crippen LogP contribution in [0.25, 0.3) is 11.3 Å². The number of benzene rings is 1. The van der Waals surface area contributed by atoms with Crippen molar-refractivity contribution in [1.29, 1.82) is 0 Å². The zero-order chi connectivity index (χ0) is 17.8. The van der Waals surface area contributed by atoms with Crippen LogP contribution < -0.4 is 10.1 Å². The van der Waals surface area contributed by atoms with E-state index in [-0.39, 0.29) is 23.6 Å². The Morgan fingerprint density at radius 1 is 1.24 bits per heavy atom. The van der Waals surface area contributed by atoms with Crippen LogP contribution in [0, 0.1) is 5.92 Å². The number of para-hydroxylation sites is 1. The average Bonchev–Trinajstić information content (AvgIpc) is 3.30. The van der Waals surface area contributed by atoms with E-state index in [1.807, 2.05) is 41.8 Å². The predicted octanol–water partition coefficient (Wildman–Crippen LogP) is 4.54. The van der Waals surface area contributed by atoms with Gasteiger partial charge in [-0.2, -0.15) is 0 Å². The Bertz CT molecular complexity index is 840. The molecule has 0 radical (unpaired) electrons. The van der Waals surface area contributed by atoms with Crippen LogP contribution in [-0.4, -0.2) is 18.2 Å². The average molecular weight is 356 g/mol. The topological polar surface area (TPSA) is 64.4 Å². The maximum Gasteiger partial charge on any atom is 0.274 e. The minimum atomic E-state index is -0.253. The Hall–Kier alpha value is -2.60. The van der Waals surface area contributed by atoms with Gasteiger partial charge in [-0.3, -0.25) is 4.79 Å². The molecule has 1 atom stereocenters. The Balaban J connectivity index is 1.81. The Morgan fingerprint density at radius 3 is 2.72 bits per heavy atom. The highest BCUT2D eigenvalue weighted by atomic mass is 32.1. The summed E-state index contributed by atoms with van der Waals surface area (Å²) < 4.78 is 10.7. The van der Waals surface area contributed by atoms with E-state index in [4.69, 9.17) is 9.26 Å². The lowest BCUT2D eigenvalue weighted by Crippen LogP contribution is -2.31. The van der Waals surface area contributed by atoms with E-state index in [2.05, 4.69) is 24.3 Å². The predicted molar refractivity (Wildman–Crippen MR) is 97.9 cm³/mol. The summed E-state index contributed by atoms with van der Waals surface area (Å²) in [5.74, 6) is 1.18. The summed E-state index contributed by atoms with van der Waals surface area (Å²) in [4.78, 5) is 13.7. The molecular formula is C19H20N2O3S. The number of methoxy groups -OCH3 is 1. The number of hydrogen-bond acceptors (Lipinski definition) is 5. The number of nitrogens with zero attached hydrogens (tertiary/aromatic N) is 1. The first kappa shape index (κ1) is 17.2. The van der Waals surface area contributed by atoms with Gasteiger partial charge in [0.2, 0.25) is 0 Å². The summed E-state index contributed by atoms with van der Waals surface area (Å²) in [7, 11) is 1.59. The Kier molecular flexibility index (Phi) is 5.19. The fourth-order valence-electron chi connectivity index (χ4n) is 2.61. The van der Waals surface area contributed by atoms with Crippen LogP contribution in [0.4, 0.5) is 0 Å². The third-order valence-corrected chi connectivity index (χ3v) is 4.87. The molecule has 130 valence electrons. The van der Waals surface area contributed by atoms with Crippen molar-refractivity contribution >= 4 is 17.2 Å². The number of hydrogen-bond donors (Lipinski definition) is 1. The van der Waals surface area contributed by atoms with Gasteiger partial charge in [-0.05, 0) is 29.5 Å². The summed E-state index contributed by atoms with van der Waals surface area (Å²) in [5, 5.41) is 8.98. The molecule has 0 saturated carbocycles. The van der Waals surface area contributed by atoms with Crippen molar-refractivity contribution in [2.24, 2.45) is 5.92 Å². The number of thiophene rings is 1. The number of ether oxygens (including phenoxy) is 1. The van der Waals surface area contributed by atoms with Crippen molar-refractivity contribution < 1.29 is 14.1 Å². The highest BCUT2D eigenvalue weighted by molar-refractivity contribution is 7.10. The number of amides is 1. The molecule has 0 saturated heterocycles. The normalized spacial score (nSPS) is 12.2. The van der Waals surface area contributed by atoms with Gasteiger partial charge < -0.3 is 14.6 Å². The Labute approximate surface area is 150 Å². The van der Waals surface area contributed by atoms with Crippen LogP contribution >= 0.6 is 11.3 Å². The molecule has 0 fully saturated rings. The van der Waals surface area contributed by atoms with Crippen molar-refractivity contribution in [3.63, 3.8) is 0 Å². The lowest BCUT2D eigenvalue weighted by Gasteiger charge is -2.20. The van der Waals surface area contributed by atoms with Gasteiger partial charge in [-0.25, -0.2) is 0 Å². The monoisotopic (exact) mass is 356 g/mol. The van der Waals surface area contributed by atoms with Gasteiger partial charge in [-0.1, -0.05) is 37.2 Å². The highest BCUT2D eigenvalue weighted by Crippen LogP contribution is 2.30. The molecule has 0 bridgehead atoms. The third-order valence-electron chi connectivity index (χ3n) is 3.92. The summed E-state index contributed by atoms with van der Waals surface area (Å²) in [6.45, 7) is 4.15. The first-order valence-corrected chi connectivity index (χ1v) is 8.92. The van der Waals surface area contributed by atoms with Crippen LogP contribution in [-0.2, 0) is 0 Å². The van der Waals surface area contributed by atoms with Crippen molar-refractivity contribution in [1.82, 2.24) is 10.5 Å². The standard InChI is InChI=1S/C19H20N2O3S/c1-12(2)18(17-9-6-10-25-17)20-19(22)14-11-16(24-21-14)13-7-4-5-8-15(13)23-3/h4-12,18H,1-3H3,(H,20,22). The number of nitrogens with one attached hydrogen (secondary N) is 1. The van der Waals surface area contributed by atoms with E-state index < -0.39 is 0 Å². The van der Waals surface area contributed by atoms with E-state index >= 15 is 0 Å². The molecule has 3 rings (SSSR count). The Morgan fingerprint density at radius 2 is 2.04 bits per heavy atom. The van der Waals surface area contributed by atoms with E-state index in [0.717, 1.165) is 10.4 Å². The minimum absolute atomic E-state index is 0.0566. The molecule has 1 unspecified atom stereocenters. The zero-order valence-corrected chi connectivity index (χ0v) is 15.2. The number of aromatic nitrogens is 1. The quantitative estimate of drug-likeness (QED) is 0.704. The smallest absolute Gasteiger partial charge is 0.274 e. The molecule has 5 nitrogen and oxygen atoms in total. The van der Waals surface area contributed by atoms with Gasteiger partial charge in [0.15, 0.2) is 11.5 Å². The lowest BCUT2D eigenvalue weighted by molar-refractivity contribution is 0.0917. The van der Waals surface area contributed by atoms with Gasteiger partial charge in [0, 0.05) is 10.9 Å². The van der Waals surface area contributed by atoms with Crippen molar-refractivity contribution in [2.45, 2.75) is 19.9 Å². The zero-order valence-electron chi connectivity index (χ0n) is 14.4. The van der Waals surface area contributed by atoms with Gasteiger partial charge in [0.25, 0.3) is 5.91 Å². The summed E-state index contributed by atoms with van der Waals surface area (Å²) in [5.41, 5.74) is 1.01. The van der Waals surface area contributed by atoms with Crippen LogP contribution in [0.3, 0.4) is 0 Å². The van der Waals surface area contributed by atoms with Crippen molar-refractivity contribution in [3.05, 3.63) is 58.4 Å². The maximum atomic E-state index is 12.6. The molecule has 6 heteroatoms. The SMILES string of the molecule is COc1ccccc1-c1cc(C(=O)NC(c2cccs2)C(C)C)no1. The summed E-state index contributed by atoms with van der Waals surface area (Å²) in [6.07, 6.45) is 0. The van der Waals surface area contributed by atoms with Crippen LogP contribution in [0.5, 0.6) is 5.75 Å². The molecule has 0 aliphatic rings. The molecule has 0 aliphatic heterocycles. The number of carbonyl (C=O) groups is 1. The fourth-order valence-corrected chi connectivity index (χ4v) is 3.56. The lowest BCUT2D eigenvalue weighted by atomic mass is 10.0. The van der Waals surface area contributed by atoms with E-state index in [0.29, 0.717) is 11.5 Å². The number of carbonyl (C=O) groups excluding carboxylic acids is 1. The number of rotatable bonds is 6. The van der Waals surface area contributed by atoms with E-state index in [9.17, 15) is 4.79 Å². The van der Waals surface area contributed by atoms with Crippen molar-refractivity contribution in [3.8, 4) is 17.1 Å². The molecule has 25 heavy (non-hydrogen) atoms. The molecule has 2 aromatic heterocycles. The fraction of sp³-hybridized carbons (Fsp3) is 0.263. The summed E-state index contributed by atoms with van der Waals surface area (Å²) in [6, 6.07) is 13.0. The van der Waals surface area contributed by atoms with Crippen LogP contribution in [0.2, 0.25) is 0 Å². The first-order valence-electron chi connectivity index (χ1n) is 8.04. The minimum Gasteiger partial charge on any atom is -0.496 e. The van der Waals surface area contributed by atoms with E-state index in [1.54, 1.807) is 24.5 Å². The third kappa shape index (κ3) is 3.74. The second-order valence-electron chi connectivity index (χ2n) is 5.99. The first-order chi connectivity index (χ1) is 12.1. The van der Waals surface area contributed by atoms with Gasteiger partial charge >= 0.3 is 0 Å². The van der Waals surface area contributed by atoms with Crippen LogP contribution in [0.15, 0.2) is 52.4 Å². The van der Waals surface area contributed by atoms with Gasteiger partial charge in [0.05, 0.1) is 18.7 Å². The molecule has 1 aromatic carbocycles. The second-order valence-corrected chi connectivity index (χ2v) is 6.97. The molecule has 3 aromatic rings. The molecular weight excluding hydrogens is 336 g/mol. The van der Waals surface area contributed by atoms with Gasteiger partial charge in [0.1, 0.15) is 5.75 Å². The largest absolute Gasteiger partial charge is 0.496 e. The molecule has 2 heterocycles.